The molecule has 2 fully saturated rings. The Morgan fingerprint density at radius 2 is 1.91 bits per heavy atom. The van der Waals surface area contributed by atoms with Gasteiger partial charge in [0, 0.05) is 51.0 Å². The second-order valence-electron chi connectivity index (χ2n) is 11.6. The molecule has 0 bridgehead atoms. The van der Waals surface area contributed by atoms with Crippen molar-refractivity contribution in [3.8, 4) is 11.3 Å². The van der Waals surface area contributed by atoms with E-state index < -0.39 is 29.7 Å². The Bertz CT molecular complexity index is 1580. The molecule has 12 nitrogen and oxygen atoms in total. The number of hydrogen-bond donors (Lipinski definition) is 4. The van der Waals surface area contributed by atoms with E-state index in [0.717, 1.165) is 45.2 Å². The van der Waals surface area contributed by atoms with Crippen LogP contribution in [-0.4, -0.2) is 68.4 Å². The van der Waals surface area contributed by atoms with E-state index >= 15 is 0 Å². The highest BCUT2D eigenvalue weighted by molar-refractivity contribution is 6.34. The van der Waals surface area contributed by atoms with Gasteiger partial charge in [-0.3, -0.25) is 14.3 Å². The van der Waals surface area contributed by atoms with Crippen LogP contribution in [0.2, 0.25) is 5.02 Å². The second-order valence-corrected chi connectivity index (χ2v) is 12.0. The van der Waals surface area contributed by atoms with Crippen molar-refractivity contribution in [1.82, 2.24) is 40.4 Å². The molecule has 0 spiro atoms. The lowest BCUT2D eigenvalue weighted by molar-refractivity contribution is -0.141. The summed E-state index contributed by atoms with van der Waals surface area (Å²) in [4.78, 5) is 43.2. The summed E-state index contributed by atoms with van der Waals surface area (Å²) in [6.45, 7) is 4.49. The number of halogens is 4. The molecule has 3 heterocycles. The molecule has 0 unspecified atom stereocenters. The topological polar surface area (TPSA) is 138 Å². The van der Waals surface area contributed by atoms with Gasteiger partial charge in [0.25, 0.3) is 11.8 Å². The Morgan fingerprint density at radius 3 is 2.54 bits per heavy atom. The average Bonchev–Trinajstić information content (AvgIpc) is 3.60. The van der Waals surface area contributed by atoms with Crippen LogP contribution in [0.25, 0.3) is 11.3 Å². The van der Waals surface area contributed by atoms with Crippen molar-refractivity contribution in [2.45, 2.75) is 57.7 Å². The van der Waals surface area contributed by atoms with Crippen LogP contribution in [0.1, 0.15) is 78.2 Å². The summed E-state index contributed by atoms with van der Waals surface area (Å²) in [6, 6.07) is 3.73. The van der Waals surface area contributed by atoms with Crippen molar-refractivity contribution in [2.24, 2.45) is 13.0 Å². The maximum Gasteiger partial charge on any atom is 0.435 e. The minimum atomic E-state index is -4.68. The quantitative estimate of drug-likeness (QED) is 0.159. The van der Waals surface area contributed by atoms with Crippen LogP contribution in [0, 0.1) is 5.92 Å². The summed E-state index contributed by atoms with van der Waals surface area (Å²) in [5.74, 6) is -0.993. The van der Waals surface area contributed by atoms with E-state index in [1.165, 1.54) is 51.9 Å². The molecule has 3 aromatic rings. The molecule has 1 aliphatic heterocycles. The monoisotopic (exact) mass is 663 g/mol. The first-order valence-corrected chi connectivity index (χ1v) is 15.7. The molecule has 1 saturated heterocycles. The first-order valence-electron chi connectivity index (χ1n) is 15.3. The molecule has 16 heteroatoms. The number of aromatic nitrogens is 4. The number of imidazole rings is 1. The van der Waals surface area contributed by atoms with Gasteiger partial charge in [-0.2, -0.15) is 18.3 Å². The van der Waals surface area contributed by atoms with E-state index in [4.69, 9.17) is 11.6 Å². The van der Waals surface area contributed by atoms with E-state index in [9.17, 15) is 27.6 Å². The molecular formula is C30H37ClF3N9O3. The van der Waals surface area contributed by atoms with Crippen molar-refractivity contribution in [3.63, 3.8) is 0 Å². The number of nitrogens with one attached hydrogen (secondary N) is 4. The number of nitrogens with zero attached hydrogens (tertiary/aromatic N) is 5. The predicted octanol–water partition coefficient (Wildman–Crippen LogP) is 5.00. The number of carbonyl (C=O) groups is 3. The van der Waals surface area contributed by atoms with Crippen LogP contribution in [-0.2, 0) is 13.2 Å². The summed E-state index contributed by atoms with van der Waals surface area (Å²) in [7, 11) is 1.45. The van der Waals surface area contributed by atoms with Gasteiger partial charge in [-0.1, -0.05) is 37.8 Å². The SMILES string of the molecule is CCCCCCN(NC(=O)NCC1CNC1)C(=O)c1ccc(NC(=O)c2ncc(-c3cn(C4CC4)nc3C(F)(F)F)n2C)cc1Cl. The van der Waals surface area contributed by atoms with Crippen LogP contribution in [0.3, 0.4) is 0 Å². The van der Waals surface area contributed by atoms with Gasteiger partial charge >= 0.3 is 12.2 Å². The highest BCUT2D eigenvalue weighted by atomic mass is 35.5. The Kier molecular flexibility index (Phi) is 10.2. The van der Waals surface area contributed by atoms with Gasteiger partial charge in [0.05, 0.1) is 34.1 Å². The molecule has 1 aliphatic carbocycles. The van der Waals surface area contributed by atoms with Crippen LogP contribution in [0.5, 0.6) is 0 Å². The average molecular weight is 664 g/mol. The molecule has 1 saturated carbocycles. The molecule has 5 rings (SSSR count). The third-order valence-electron chi connectivity index (χ3n) is 7.98. The number of carbonyl (C=O) groups excluding carboxylic acids is 3. The number of alkyl halides is 3. The molecule has 0 atom stereocenters. The lowest BCUT2D eigenvalue weighted by Gasteiger charge is -2.28. The minimum absolute atomic E-state index is 0.0342. The van der Waals surface area contributed by atoms with Crippen LogP contribution < -0.4 is 21.4 Å². The molecule has 2 aliphatic rings. The van der Waals surface area contributed by atoms with Gasteiger partial charge in [0.2, 0.25) is 0 Å². The maximum atomic E-state index is 13.8. The van der Waals surface area contributed by atoms with Crippen LogP contribution in [0.15, 0.2) is 30.6 Å². The van der Waals surface area contributed by atoms with Crippen LogP contribution >= 0.6 is 11.6 Å². The van der Waals surface area contributed by atoms with E-state index in [0.29, 0.717) is 18.9 Å². The van der Waals surface area contributed by atoms with E-state index in [-0.39, 0.29) is 45.9 Å². The molecule has 1 aromatic carbocycles. The smallest absolute Gasteiger partial charge is 0.336 e. The summed E-state index contributed by atoms with van der Waals surface area (Å²) in [5.41, 5.74) is 1.87. The fourth-order valence-electron chi connectivity index (χ4n) is 5.08. The number of urea groups is 1. The normalized spacial score (nSPS) is 14.9. The summed E-state index contributed by atoms with van der Waals surface area (Å²) in [6.07, 6.45) is 2.92. The number of benzene rings is 1. The van der Waals surface area contributed by atoms with Crippen molar-refractivity contribution in [2.75, 3.05) is 31.5 Å². The highest BCUT2D eigenvalue weighted by Crippen LogP contribution is 2.41. The predicted molar refractivity (Wildman–Crippen MR) is 165 cm³/mol. The van der Waals surface area contributed by atoms with E-state index in [1.807, 2.05) is 0 Å². The Labute approximate surface area is 269 Å². The number of hydrazine groups is 1. The first kappa shape index (κ1) is 33.3. The lowest BCUT2D eigenvalue weighted by Crippen LogP contribution is -2.54. The fraction of sp³-hybridized carbons (Fsp3) is 0.500. The zero-order valence-electron chi connectivity index (χ0n) is 25.6. The summed E-state index contributed by atoms with van der Waals surface area (Å²) < 4.78 is 43.9. The molecule has 2 aromatic heterocycles. The van der Waals surface area contributed by atoms with Crippen molar-refractivity contribution in [3.05, 3.63) is 52.7 Å². The van der Waals surface area contributed by atoms with Gasteiger partial charge in [0.15, 0.2) is 11.5 Å². The molecule has 0 radical (unpaired) electrons. The van der Waals surface area contributed by atoms with E-state index in [2.05, 4.69) is 38.4 Å². The third-order valence-corrected chi connectivity index (χ3v) is 8.29. The van der Waals surface area contributed by atoms with E-state index in [1.54, 1.807) is 0 Å². The Balaban J connectivity index is 1.28. The van der Waals surface area contributed by atoms with Crippen molar-refractivity contribution in [1.29, 1.82) is 0 Å². The third kappa shape index (κ3) is 7.81. The number of rotatable bonds is 12. The number of amides is 4. The summed E-state index contributed by atoms with van der Waals surface area (Å²) >= 11 is 6.48. The molecule has 248 valence electrons. The number of unbranched alkanes of at least 4 members (excludes halogenated alkanes) is 3. The van der Waals surface area contributed by atoms with Gasteiger partial charge in [-0.15, -0.1) is 0 Å². The van der Waals surface area contributed by atoms with Gasteiger partial charge in [-0.05, 0) is 37.5 Å². The molecule has 46 heavy (non-hydrogen) atoms. The number of hydrogen-bond acceptors (Lipinski definition) is 6. The van der Waals surface area contributed by atoms with Crippen LogP contribution in [0.4, 0.5) is 23.7 Å². The Hall–Kier alpha value is -4.11. The first-order chi connectivity index (χ1) is 22.0. The fourth-order valence-corrected chi connectivity index (χ4v) is 5.34. The second kappa shape index (κ2) is 14.1. The van der Waals surface area contributed by atoms with Crippen molar-refractivity contribution >= 4 is 35.1 Å². The Morgan fingerprint density at radius 1 is 1.15 bits per heavy atom. The zero-order valence-corrected chi connectivity index (χ0v) is 26.3. The largest absolute Gasteiger partial charge is 0.435 e. The molecule has 4 amide bonds. The standard InChI is InChI=1S/C30H37ClF3N9O3/c1-3-4-5-6-11-42(40-29(46)37-15-18-13-35-14-18)28(45)21-10-7-19(12-23(21)31)38-27(44)26-36-16-24(41(26)2)22-17-43(20-8-9-20)39-25(22)30(32,33)34/h7,10,12,16-18,20,35H,3-6,8-9,11,13-15H2,1-2H3,(H,38,44)(H2,37,40,46). The minimum Gasteiger partial charge on any atom is -0.336 e. The lowest BCUT2D eigenvalue weighted by atomic mass is 10.0. The zero-order chi connectivity index (χ0) is 33.0. The summed E-state index contributed by atoms with van der Waals surface area (Å²) in [5, 5.41) is 13.6. The van der Waals surface area contributed by atoms with Gasteiger partial charge < -0.3 is 20.5 Å². The molecular weight excluding hydrogens is 627 g/mol. The highest BCUT2D eigenvalue weighted by Gasteiger charge is 2.40. The van der Waals surface area contributed by atoms with Gasteiger partial charge in [-0.25, -0.2) is 20.2 Å². The maximum absolute atomic E-state index is 13.8. The number of anilines is 1. The molecule has 4 N–H and O–H groups in total. The van der Waals surface area contributed by atoms with Crippen molar-refractivity contribution < 1.29 is 27.6 Å². The van der Waals surface area contributed by atoms with Gasteiger partial charge in [0.1, 0.15) is 0 Å².